The Morgan fingerprint density at radius 3 is 2.19 bits per heavy atom. The number of hydrogen-bond acceptors (Lipinski definition) is 3. The molecule has 0 aromatic carbocycles. The smallest absolute Gasteiger partial charge is 0.399 e. The number of pyridine rings is 1. The molecular formula is C15H21BN2O3. The number of nitrogens with zero attached hydrogens (tertiary/aromatic N) is 2. The summed E-state index contributed by atoms with van der Waals surface area (Å²) in [7, 11) is 3.16. The summed E-state index contributed by atoms with van der Waals surface area (Å²) >= 11 is 0. The molecule has 0 saturated carbocycles. The summed E-state index contributed by atoms with van der Waals surface area (Å²) in [6, 6.07) is 1.94. The van der Waals surface area contributed by atoms with Gasteiger partial charge in [0.15, 0.2) is 0 Å². The third kappa shape index (κ3) is 1.97. The van der Waals surface area contributed by atoms with Gasteiger partial charge >= 0.3 is 7.12 Å². The van der Waals surface area contributed by atoms with E-state index >= 15 is 0 Å². The first kappa shape index (κ1) is 14.4. The first-order chi connectivity index (χ1) is 9.64. The molecule has 0 atom stereocenters. The van der Waals surface area contributed by atoms with Crippen LogP contribution in [-0.2, 0) is 23.4 Å². The Labute approximate surface area is 124 Å². The van der Waals surface area contributed by atoms with E-state index in [0.717, 1.165) is 10.8 Å². The highest BCUT2D eigenvalue weighted by Gasteiger charge is 2.52. The molecule has 6 heteroatoms. The van der Waals surface area contributed by atoms with Crippen LogP contribution in [-0.4, -0.2) is 27.5 Å². The second-order valence-corrected chi connectivity index (χ2v) is 6.78. The molecule has 5 nitrogen and oxygen atoms in total. The Bertz CT molecular complexity index is 757. The van der Waals surface area contributed by atoms with Gasteiger partial charge in [0.2, 0.25) is 0 Å². The molecule has 21 heavy (non-hydrogen) atoms. The molecule has 1 aliphatic rings. The van der Waals surface area contributed by atoms with Crippen molar-refractivity contribution in [2.45, 2.75) is 38.9 Å². The fraction of sp³-hybridized carbons (Fsp3) is 0.533. The van der Waals surface area contributed by atoms with Gasteiger partial charge in [0.05, 0.1) is 11.2 Å². The highest BCUT2D eigenvalue weighted by molar-refractivity contribution is 6.65. The van der Waals surface area contributed by atoms with Gasteiger partial charge in [-0.05, 0) is 33.8 Å². The standard InChI is InChI=1S/C15H21BN2O3/c1-14(2)15(3,4)21-16(20-14)11-9-18(6)13(19)12-10(11)7-8-17(12)5/h7-9H,1-6H3. The Balaban J connectivity index is 2.19. The van der Waals surface area contributed by atoms with Gasteiger partial charge < -0.3 is 18.4 Å². The van der Waals surface area contributed by atoms with Gasteiger partial charge in [-0.1, -0.05) is 0 Å². The normalized spacial score (nSPS) is 20.4. The van der Waals surface area contributed by atoms with Crippen LogP contribution in [0.2, 0.25) is 0 Å². The topological polar surface area (TPSA) is 45.4 Å². The molecule has 2 aromatic heterocycles. The van der Waals surface area contributed by atoms with E-state index in [9.17, 15) is 4.79 Å². The minimum Gasteiger partial charge on any atom is -0.399 e. The Kier molecular flexibility index (Phi) is 2.91. The van der Waals surface area contributed by atoms with Gasteiger partial charge in [-0.2, -0.15) is 0 Å². The Hall–Kier alpha value is -1.53. The van der Waals surface area contributed by atoms with Crippen molar-refractivity contribution in [3.8, 4) is 0 Å². The zero-order chi connectivity index (χ0) is 15.6. The number of aromatic nitrogens is 2. The molecule has 0 radical (unpaired) electrons. The van der Waals surface area contributed by atoms with Gasteiger partial charge in [0.1, 0.15) is 5.52 Å². The van der Waals surface area contributed by atoms with Crippen molar-refractivity contribution in [1.29, 1.82) is 0 Å². The third-order valence-corrected chi connectivity index (χ3v) is 4.75. The highest BCUT2D eigenvalue weighted by atomic mass is 16.7. The van der Waals surface area contributed by atoms with E-state index in [2.05, 4.69) is 0 Å². The van der Waals surface area contributed by atoms with Crippen LogP contribution >= 0.6 is 0 Å². The lowest BCUT2D eigenvalue weighted by Crippen LogP contribution is -2.41. The molecule has 1 fully saturated rings. The van der Waals surface area contributed by atoms with Crippen molar-refractivity contribution in [3.63, 3.8) is 0 Å². The molecular weight excluding hydrogens is 267 g/mol. The quantitative estimate of drug-likeness (QED) is 0.740. The monoisotopic (exact) mass is 288 g/mol. The average molecular weight is 288 g/mol. The van der Waals surface area contributed by atoms with Gasteiger partial charge in [0, 0.05) is 37.3 Å². The molecule has 0 amide bonds. The predicted molar refractivity (Wildman–Crippen MR) is 83.9 cm³/mol. The number of aryl methyl sites for hydroxylation is 2. The lowest BCUT2D eigenvalue weighted by atomic mass is 9.78. The average Bonchev–Trinajstić information content (AvgIpc) is 2.83. The Morgan fingerprint density at radius 2 is 1.62 bits per heavy atom. The first-order valence-electron chi connectivity index (χ1n) is 7.14. The zero-order valence-corrected chi connectivity index (χ0v) is 13.4. The summed E-state index contributed by atoms with van der Waals surface area (Å²) < 4.78 is 15.7. The van der Waals surface area contributed by atoms with Crippen molar-refractivity contribution in [2.75, 3.05) is 0 Å². The van der Waals surface area contributed by atoms with Gasteiger partial charge in [0.25, 0.3) is 5.56 Å². The summed E-state index contributed by atoms with van der Waals surface area (Å²) in [6.07, 6.45) is 3.70. The van der Waals surface area contributed by atoms with Crippen molar-refractivity contribution in [2.24, 2.45) is 14.1 Å². The minimum absolute atomic E-state index is 0.0160. The zero-order valence-electron chi connectivity index (χ0n) is 13.4. The molecule has 3 rings (SSSR count). The van der Waals surface area contributed by atoms with Gasteiger partial charge in [-0.25, -0.2) is 0 Å². The fourth-order valence-electron chi connectivity index (χ4n) is 2.69. The van der Waals surface area contributed by atoms with Crippen LogP contribution in [0.25, 0.3) is 10.9 Å². The third-order valence-electron chi connectivity index (χ3n) is 4.75. The van der Waals surface area contributed by atoms with E-state index in [1.54, 1.807) is 11.6 Å². The van der Waals surface area contributed by atoms with Gasteiger partial charge in [-0.15, -0.1) is 0 Å². The SMILES string of the molecule is Cn1cc(B2OC(C)(C)C(C)(C)O2)c2ccn(C)c2c1=O. The molecule has 3 heterocycles. The summed E-state index contributed by atoms with van der Waals surface area (Å²) in [6.45, 7) is 8.10. The Morgan fingerprint density at radius 1 is 1.05 bits per heavy atom. The van der Waals surface area contributed by atoms with Crippen LogP contribution in [0.5, 0.6) is 0 Å². The van der Waals surface area contributed by atoms with Crippen LogP contribution in [0, 0.1) is 0 Å². The molecule has 1 aliphatic heterocycles. The van der Waals surface area contributed by atoms with Crippen molar-refractivity contribution in [3.05, 3.63) is 28.8 Å². The van der Waals surface area contributed by atoms with Crippen LogP contribution in [0.15, 0.2) is 23.3 Å². The molecule has 0 N–H and O–H groups in total. The minimum atomic E-state index is -0.466. The van der Waals surface area contributed by atoms with Crippen LogP contribution < -0.4 is 11.0 Å². The van der Waals surface area contributed by atoms with Crippen molar-refractivity contribution >= 4 is 23.5 Å². The van der Waals surface area contributed by atoms with E-state index < -0.39 is 18.3 Å². The predicted octanol–water partition coefficient (Wildman–Crippen LogP) is 1.18. The second-order valence-electron chi connectivity index (χ2n) is 6.78. The molecule has 0 spiro atoms. The maximum atomic E-state index is 12.3. The fourth-order valence-corrected chi connectivity index (χ4v) is 2.69. The van der Waals surface area contributed by atoms with Crippen molar-refractivity contribution in [1.82, 2.24) is 9.13 Å². The van der Waals surface area contributed by atoms with Crippen molar-refractivity contribution < 1.29 is 9.31 Å². The number of hydrogen-bond donors (Lipinski definition) is 0. The van der Waals surface area contributed by atoms with E-state index in [-0.39, 0.29) is 5.56 Å². The van der Waals surface area contributed by atoms with Crippen LogP contribution in [0.3, 0.4) is 0 Å². The second kappa shape index (κ2) is 4.24. The molecule has 0 bridgehead atoms. The van der Waals surface area contributed by atoms with Crippen LogP contribution in [0.4, 0.5) is 0 Å². The molecule has 0 unspecified atom stereocenters. The highest BCUT2D eigenvalue weighted by Crippen LogP contribution is 2.36. The van der Waals surface area contributed by atoms with Crippen LogP contribution in [0.1, 0.15) is 27.7 Å². The molecule has 112 valence electrons. The molecule has 0 aliphatic carbocycles. The maximum Gasteiger partial charge on any atom is 0.497 e. The molecule has 2 aromatic rings. The largest absolute Gasteiger partial charge is 0.497 e. The van der Waals surface area contributed by atoms with E-state index in [1.807, 2.05) is 57.8 Å². The summed E-state index contributed by atoms with van der Waals surface area (Å²) in [4.78, 5) is 12.3. The lowest BCUT2D eigenvalue weighted by Gasteiger charge is -2.32. The number of rotatable bonds is 1. The first-order valence-corrected chi connectivity index (χ1v) is 7.14. The molecule has 1 saturated heterocycles. The van der Waals surface area contributed by atoms with E-state index in [1.165, 1.54) is 0 Å². The summed E-state index contributed by atoms with van der Waals surface area (Å²) in [5.41, 5.74) is 0.759. The lowest BCUT2D eigenvalue weighted by molar-refractivity contribution is 0.00578. The summed E-state index contributed by atoms with van der Waals surface area (Å²) in [5, 5.41) is 0.888. The maximum absolute atomic E-state index is 12.3. The number of fused-ring (bicyclic) bond motifs is 1. The summed E-state index contributed by atoms with van der Waals surface area (Å²) in [5.74, 6) is 0. The van der Waals surface area contributed by atoms with E-state index in [0.29, 0.717) is 5.52 Å². The van der Waals surface area contributed by atoms with Gasteiger partial charge in [-0.3, -0.25) is 4.79 Å². The van der Waals surface area contributed by atoms with E-state index in [4.69, 9.17) is 9.31 Å².